The highest BCUT2D eigenvalue weighted by molar-refractivity contribution is 7.97. The summed E-state index contributed by atoms with van der Waals surface area (Å²) in [4.78, 5) is 13.2. The number of esters is 1. The van der Waals surface area contributed by atoms with Crippen LogP contribution in [-0.2, 0) is 32.0 Å². The van der Waals surface area contributed by atoms with Crippen LogP contribution in [-0.4, -0.2) is 24.0 Å². The molecule has 0 fully saturated rings. The molecule has 4 rings (SSSR count). The summed E-state index contributed by atoms with van der Waals surface area (Å²) in [7, 11) is 1.31. The number of rotatable bonds is 11. The highest BCUT2D eigenvalue weighted by atomic mass is 32.2. The van der Waals surface area contributed by atoms with Gasteiger partial charge in [-0.05, 0) is 98.6 Å². The molecule has 5 nitrogen and oxygen atoms in total. The fraction of sp³-hybridized carbons (Fsp3) is 0.303. The van der Waals surface area contributed by atoms with Crippen LogP contribution in [0.5, 0.6) is 0 Å². The fourth-order valence-electron chi connectivity index (χ4n) is 4.61. The summed E-state index contributed by atoms with van der Waals surface area (Å²) >= 11 is 2.62. The Morgan fingerprint density at radius 3 is 2.14 bits per heavy atom. The van der Waals surface area contributed by atoms with Gasteiger partial charge >= 0.3 is 12.1 Å². The van der Waals surface area contributed by atoms with E-state index in [2.05, 4.69) is 21.2 Å². The number of furan rings is 1. The predicted octanol–water partition coefficient (Wildman–Crippen LogP) is 9.53. The van der Waals surface area contributed by atoms with Crippen LogP contribution in [0.3, 0.4) is 0 Å². The molecule has 1 aromatic heterocycles. The van der Waals surface area contributed by atoms with E-state index in [1.54, 1.807) is 0 Å². The van der Waals surface area contributed by atoms with Crippen LogP contribution in [0.4, 0.5) is 13.2 Å². The number of benzene rings is 3. The number of methoxy groups -OCH3 is 1. The number of hydrogen-bond acceptors (Lipinski definition) is 7. The number of ether oxygens (including phenoxy) is 1. The Bertz CT molecular complexity index is 1540. The van der Waals surface area contributed by atoms with Crippen molar-refractivity contribution in [1.82, 2.24) is 4.31 Å². The average molecular weight is 630 g/mol. The second kappa shape index (κ2) is 13.6. The molecule has 0 N–H and O–H groups in total. The summed E-state index contributed by atoms with van der Waals surface area (Å²) in [6.45, 7) is 10.2. The minimum Gasteiger partial charge on any atom is -0.467 e. The molecular weight excluding hydrogens is 595 g/mol. The number of alkyl halides is 3. The minimum atomic E-state index is -4.56. The van der Waals surface area contributed by atoms with Crippen molar-refractivity contribution in [3.8, 4) is 11.1 Å². The Morgan fingerprint density at radius 1 is 0.884 bits per heavy atom. The molecule has 0 amide bonds. The lowest BCUT2D eigenvalue weighted by atomic mass is 10.0. The van der Waals surface area contributed by atoms with Gasteiger partial charge < -0.3 is 9.15 Å². The van der Waals surface area contributed by atoms with Gasteiger partial charge in [0.15, 0.2) is 6.61 Å². The first-order valence-corrected chi connectivity index (χ1v) is 15.1. The first-order valence-electron chi connectivity index (χ1n) is 13.5. The van der Waals surface area contributed by atoms with Gasteiger partial charge in [0.1, 0.15) is 5.76 Å². The van der Waals surface area contributed by atoms with Crippen molar-refractivity contribution >= 4 is 30.0 Å². The zero-order valence-electron chi connectivity index (χ0n) is 24.9. The second-order valence-electron chi connectivity index (χ2n) is 10.7. The van der Waals surface area contributed by atoms with Crippen LogP contribution in [0.25, 0.3) is 11.1 Å². The van der Waals surface area contributed by atoms with Gasteiger partial charge in [-0.25, -0.2) is 9.10 Å². The monoisotopic (exact) mass is 629 g/mol. The molecule has 0 aliphatic heterocycles. The molecule has 0 radical (unpaired) electrons. The summed E-state index contributed by atoms with van der Waals surface area (Å²) in [5.74, 6) is -1.23. The maximum absolute atomic E-state index is 13.4. The van der Waals surface area contributed by atoms with Crippen molar-refractivity contribution in [2.24, 2.45) is 0 Å². The third-order valence-corrected chi connectivity index (χ3v) is 9.24. The van der Waals surface area contributed by atoms with Crippen LogP contribution >= 0.6 is 24.0 Å². The van der Waals surface area contributed by atoms with E-state index in [1.807, 2.05) is 83.1 Å². The topological polar surface area (TPSA) is 51.9 Å². The lowest BCUT2D eigenvalue weighted by Gasteiger charge is -2.36. The molecule has 0 spiro atoms. The molecule has 0 atom stereocenters. The maximum atomic E-state index is 13.4. The molecule has 3 aromatic carbocycles. The van der Waals surface area contributed by atoms with Crippen molar-refractivity contribution < 1.29 is 31.3 Å². The number of halogens is 3. The highest BCUT2D eigenvalue weighted by Gasteiger charge is 2.39. The van der Waals surface area contributed by atoms with Crippen molar-refractivity contribution in [2.75, 3.05) is 13.7 Å². The molecule has 0 aliphatic carbocycles. The number of carbonyl (C=O) groups is 1. The number of aryl methyl sites for hydroxylation is 3. The molecule has 0 unspecified atom stereocenters. The van der Waals surface area contributed by atoms with E-state index < -0.39 is 23.4 Å². The summed E-state index contributed by atoms with van der Waals surface area (Å²) in [5, 5.41) is 0. The molecule has 10 heteroatoms. The zero-order valence-corrected chi connectivity index (χ0v) is 26.5. The van der Waals surface area contributed by atoms with E-state index in [0.29, 0.717) is 6.54 Å². The second-order valence-corrected chi connectivity index (χ2v) is 12.6. The maximum Gasteiger partial charge on any atom is 0.449 e. The fourth-order valence-corrected chi connectivity index (χ4v) is 6.37. The van der Waals surface area contributed by atoms with Gasteiger partial charge in [0, 0.05) is 28.4 Å². The van der Waals surface area contributed by atoms with Gasteiger partial charge in [-0.1, -0.05) is 54.1 Å². The quantitative estimate of drug-likeness (QED) is 0.0930. The molecule has 0 bridgehead atoms. The predicted molar refractivity (Wildman–Crippen MR) is 164 cm³/mol. The van der Waals surface area contributed by atoms with Crippen molar-refractivity contribution in [3.05, 3.63) is 107 Å². The smallest absolute Gasteiger partial charge is 0.449 e. The lowest BCUT2D eigenvalue weighted by Crippen LogP contribution is -2.36. The molecule has 228 valence electrons. The Kier molecular flexibility index (Phi) is 10.4. The molecule has 43 heavy (non-hydrogen) atoms. The molecule has 4 aromatic rings. The van der Waals surface area contributed by atoms with E-state index in [-0.39, 0.29) is 12.4 Å². The molecule has 0 aliphatic rings. The summed E-state index contributed by atoms with van der Waals surface area (Å²) < 4.78 is 57.6. The van der Waals surface area contributed by atoms with Gasteiger partial charge in [0.05, 0.1) is 12.6 Å². The molecular formula is C33H34F3NO4S2. The van der Waals surface area contributed by atoms with E-state index in [4.69, 9.17) is 8.60 Å². The Morgan fingerprint density at radius 2 is 1.53 bits per heavy atom. The molecule has 0 saturated heterocycles. The minimum absolute atomic E-state index is 0.151. The number of hydrogen-bond donors (Lipinski definition) is 0. The van der Waals surface area contributed by atoms with Crippen LogP contribution in [0.15, 0.2) is 87.0 Å². The molecule has 0 saturated carbocycles. The first-order chi connectivity index (χ1) is 20.3. The van der Waals surface area contributed by atoms with Gasteiger partial charge in [0.2, 0.25) is 5.76 Å². The van der Waals surface area contributed by atoms with Crippen LogP contribution in [0.1, 0.15) is 47.6 Å². The summed E-state index contributed by atoms with van der Waals surface area (Å²) in [6, 6.07) is 22.5. The number of nitrogens with zero attached hydrogens (tertiary/aromatic N) is 1. The van der Waals surface area contributed by atoms with Gasteiger partial charge in [-0.15, -0.1) is 0 Å². The Balaban J connectivity index is 1.60. The van der Waals surface area contributed by atoms with E-state index >= 15 is 0 Å². The third kappa shape index (κ3) is 8.26. The standard InChI is InChI=1S/C33H34F3NO4S2/c1-21-16-22(2)31(23(3)17-21)42-37(32(4,5)28-14-15-29(41-28)33(34,35)36)19-24-10-12-25(13-11-24)26-8-7-9-27(18-26)43-40-20-30(38)39-6/h7-18H,19-20H2,1-6H3. The van der Waals surface area contributed by atoms with E-state index in [0.717, 1.165) is 61.3 Å². The van der Waals surface area contributed by atoms with Crippen LogP contribution in [0, 0.1) is 20.8 Å². The van der Waals surface area contributed by atoms with Gasteiger partial charge in [0.25, 0.3) is 0 Å². The van der Waals surface area contributed by atoms with Gasteiger partial charge in [-0.3, -0.25) is 4.18 Å². The lowest BCUT2D eigenvalue weighted by molar-refractivity contribution is -0.154. The van der Waals surface area contributed by atoms with Crippen molar-refractivity contribution in [2.45, 2.75) is 62.7 Å². The molecule has 1 heterocycles. The number of carbonyl (C=O) groups excluding carboxylic acids is 1. The third-order valence-electron chi connectivity index (χ3n) is 6.93. The average Bonchev–Trinajstić information content (AvgIpc) is 3.47. The van der Waals surface area contributed by atoms with Crippen LogP contribution in [0.2, 0.25) is 0 Å². The Labute approximate surface area is 259 Å². The van der Waals surface area contributed by atoms with Crippen molar-refractivity contribution in [3.63, 3.8) is 0 Å². The normalized spacial score (nSPS) is 12.1. The van der Waals surface area contributed by atoms with E-state index in [1.165, 1.54) is 25.1 Å². The largest absolute Gasteiger partial charge is 0.467 e. The van der Waals surface area contributed by atoms with Crippen LogP contribution < -0.4 is 0 Å². The van der Waals surface area contributed by atoms with E-state index in [9.17, 15) is 18.0 Å². The van der Waals surface area contributed by atoms with Gasteiger partial charge in [-0.2, -0.15) is 13.2 Å². The zero-order chi connectivity index (χ0) is 31.4. The highest BCUT2D eigenvalue weighted by Crippen LogP contribution is 2.43. The summed E-state index contributed by atoms with van der Waals surface area (Å²) in [6.07, 6.45) is -4.56. The first kappa shape index (κ1) is 32.7. The summed E-state index contributed by atoms with van der Waals surface area (Å²) in [5.41, 5.74) is 5.42. The SMILES string of the molecule is COC(=O)COSc1cccc(-c2ccc(CN(Sc3c(C)cc(C)cc3C)C(C)(C)c3ccc(C(F)(F)F)o3)cc2)c1. The Hall–Kier alpha value is -3.18. The van der Waals surface area contributed by atoms with Crippen molar-refractivity contribution in [1.29, 1.82) is 0 Å².